The number of carbonyl (C=O) groups excluding carboxylic acids is 1. The van der Waals surface area contributed by atoms with Crippen molar-refractivity contribution in [3.8, 4) is 11.3 Å². The number of ether oxygens (including phenoxy) is 1. The van der Waals surface area contributed by atoms with Crippen LogP contribution in [-0.2, 0) is 28.5 Å². The first kappa shape index (κ1) is 27.8. The molecule has 4 aromatic heterocycles. The van der Waals surface area contributed by atoms with E-state index in [1.165, 1.54) is 43.5 Å². The minimum atomic E-state index is -3.92. The second-order valence-corrected chi connectivity index (χ2v) is 11.1. The number of benzene rings is 1. The van der Waals surface area contributed by atoms with E-state index in [9.17, 15) is 17.6 Å². The molecule has 0 aliphatic rings. The molecule has 1 aromatic carbocycles. The van der Waals surface area contributed by atoms with Crippen LogP contribution in [0.4, 0.5) is 15.9 Å². The number of fused-ring (bicyclic) bond motifs is 1. The van der Waals surface area contributed by atoms with E-state index in [0.29, 0.717) is 16.9 Å². The predicted octanol–water partition coefficient (Wildman–Crippen LogP) is 2.93. The number of halogens is 1. The summed E-state index contributed by atoms with van der Waals surface area (Å²) in [6.45, 7) is 1.60. The van der Waals surface area contributed by atoms with Crippen LogP contribution in [0.2, 0.25) is 0 Å². The van der Waals surface area contributed by atoms with E-state index in [1.807, 2.05) is 0 Å². The molecule has 13 nitrogen and oxygen atoms in total. The Kier molecular flexibility index (Phi) is 7.47. The lowest BCUT2D eigenvalue weighted by Crippen LogP contribution is -2.31. The minimum Gasteiger partial charge on any atom is -0.462 e. The number of esters is 1. The smallest absolute Gasteiger partial charge is 0.338 e. The number of aromatic nitrogens is 7. The van der Waals surface area contributed by atoms with Crippen LogP contribution in [0.1, 0.15) is 23.1 Å². The molecule has 0 aliphatic heterocycles. The zero-order valence-corrected chi connectivity index (χ0v) is 23.4. The summed E-state index contributed by atoms with van der Waals surface area (Å²) >= 11 is 0. The van der Waals surface area contributed by atoms with Crippen molar-refractivity contribution in [2.45, 2.75) is 13.5 Å². The highest BCUT2D eigenvalue weighted by molar-refractivity contribution is 7.87. The lowest BCUT2D eigenvalue weighted by atomic mass is 10.1. The number of rotatable bonds is 9. The molecule has 0 radical (unpaired) electrons. The molecule has 0 bridgehead atoms. The molecule has 0 saturated carbocycles. The fourth-order valence-electron chi connectivity index (χ4n) is 4.06. The van der Waals surface area contributed by atoms with Gasteiger partial charge in [-0.1, -0.05) is 0 Å². The molecule has 0 aliphatic carbocycles. The van der Waals surface area contributed by atoms with E-state index >= 15 is 0 Å². The quantitative estimate of drug-likeness (QED) is 0.239. The summed E-state index contributed by atoms with van der Waals surface area (Å²) in [5.41, 5.74) is 2.28. The number of hydrogen-bond acceptors (Lipinski definition) is 10. The minimum absolute atomic E-state index is 0.0180. The average molecular weight is 580 g/mol. The topological polar surface area (TPSA) is 141 Å². The normalized spacial score (nSPS) is 11.8. The third-order valence-corrected chi connectivity index (χ3v) is 7.82. The second kappa shape index (κ2) is 11.0. The van der Waals surface area contributed by atoms with Gasteiger partial charge in [0.2, 0.25) is 0 Å². The van der Waals surface area contributed by atoms with Gasteiger partial charge in [0.25, 0.3) is 0 Å². The Bertz CT molecular complexity index is 1850. The summed E-state index contributed by atoms with van der Waals surface area (Å²) in [6.07, 6.45) is 7.72. The Labute approximate surface area is 235 Å². The number of imidazole rings is 1. The fourth-order valence-corrected chi connectivity index (χ4v) is 4.99. The molecule has 41 heavy (non-hydrogen) atoms. The lowest BCUT2D eigenvalue weighted by Gasteiger charge is -2.25. The maximum absolute atomic E-state index is 14.8. The maximum Gasteiger partial charge on any atom is 0.338 e. The zero-order valence-electron chi connectivity index (χ0n) is 22.6. The third kappa shape index (κ3) is 5.62. The molecule has 5 aromatic rings. The van der Waals surface area contributed by atoms with Crippen LogP contribution >= 0.6 is 0 Å². The second-order valence-electron chi connectivity index (χ2n) is 9.10. The summed E-state index contributed by atoms with van der Waals surface area (Å²) in [4.78, 5) is 32.0. The van der Waals surface area contributed by atoms with Gasteiger partial charge in [0, 0.05) is 51.0 Å². The monoisotopic (exact) mass is 579 g/mol. The van der Waals surface area contributed by atoms with Crippen molar-refractivity contribution in [2.75, 3.05) is 25.6 Å². The van der Waals surface area contributed by atoms with Crippen molar-refractivity contribution in [1.29, 1.82) is 0 Å². The summed E-state index contributed by atoms with van der Waals surface area (Å²) in [5.74, 6) is -0.993. The molecule has 4 heterocycles. The molecule has 0 fully saturated rings. The molecule has 0 unspecified atom stereocenters. The van der Waals surface area contributed by atoms with E-state index in [2.05, 4.69) is 25.0 Å². The van der Waals surface area contributed by atoms with Crippen molar-refractivity contribution in [3.63, 3.8) is 0 Å². The van der Waals surface area contributed by atoms with Gasteiger partial charge in [0.15, 0.2) is 5.65 Å². The predicted molar refractivity (Wildman–Crippen MR) is 148 cm³/mol. The molecular formula is C26H26FN9O4S. The molecule has 0 saturated heterocycles. The van der Waals surface area contributed by atoms with Crippen molar-refractivity contribution in [1.82, 2.24) is 38.0 Å². The number of nitrogens with zero attached hydrogens (tertiary/aromatic N) is 9. The summed E-state index contributed by atoms with van der Waals surface area (Å²) < 4.78 is 49.5. The van der Waals surface area contributed by atoms with Gasteiger partial charge in [-0.3, -0.25) is 9.67 Å². The number of hydrogen-bond donors (Lipinski definition) is 0. The Morgan fingerprint density at radius 1 is 1.10 bits per heavy atom. The SMILES string of the molecule is CCOC(=O)c1cc(F)cc(N(Cc2nccn2S(=O)(=O)N(C)C)c2ccc3ncc(-c4cnn(C)c4)nc3n2)c1. The van der Waals surface area contributed by atoms with Crippen molar-refractivity contribution >= 4 is 38.8 Å². The molecule has 0 spiro atoms. The lowest BCUT2D eigenvalue weighted by molar-refractivity contribution is 0.0526. The van der Waals surface area contributed by atoms with Gasteiger partial charge >= 0.3 is 16.2 Å². The molecular weight excluding hydrogens is 553 g/mol. The first-order valence-corrected chi connectivity index (χ1v) is 13.8. The van der Waals surface area contributed by atoms with E-state index in [4.69, 9.17) is 4.74 Å². The van der Waals surface area contributed by atoms with Gasteiger partial charge in [-0.25, -0.2) is 28.1 Å². The van der Waals surface area contributed by atoms with Crippen LogP contribution in [0.15, 0.2) is 61.3 Å². The van der Waals surface area contributed by atoms with Crippen LogP contribution in [-0.4, -0.2) is 73.1 Å². The number of anilines is 2. The van der Waals surface area contributed by atoms with E-state index in [-0.39, 0.29) is 36.0 Å². The van der Waals surface area contributed by atoms with Crippen LogP contribution in [0.5, 0.6) is 0 Å². The first-order valence-electron chi connectivity index (χ1n) is 12.4. The molecule has 0 amide bonds. The van der Waals surface area contributed by atoms with E-state index in [0.717, 1.165) is 19.9 Å². The standard InChI is InChI=1S/C26H26FN9O4S/c1-5-40-26(37)17-10-19(27)12-20(11-17)35(16-24-28-8-9-36(24)41(38,39)33(2)3)23-7-6-21-25(32-23)31-22(14-29-21)18-13-30-34(4)15-18/h6-15H,5,16H2,1-4H3. The molecule has 15 heteroatoms. The van der Waals surface area contributed by atoms with E-state index < -0.39 is 22.0 Å². The van der Waals surface area contributed by atoms with E-state index in [1.54, 1.807) is 49.4 Å². The van der Waals surface area contributed by atoms with Gasteiger partial charge in [-0.2, -0.15) is 17.8 Å². The fraction of sp³-hybridized carbons (Fsp3) is 0.231. The largest absolute Gasteiger partial charge is 0.462 e. The Morgan fingerprint density at radius 2 is 1.90 bits per heavy atom. The Balaban J connectivity index is 1.65. The van der Waals surface area contributed by atoms with Gasteiger partial charge < -0.3 is 9.64 Å². The number of carbonyl (C=O) groups is 1. The van der Waals surface area contributed by atoms with Crippen molar-refractivity contribution in [3.05, 3.63) is 78.5 Å². The van der Waals surface area contributed by atoms with Crippen LogP contribution in [0, 0.1) is 5.82 Å². The number of pyridine rings is 1. The zero-order chi connectivity index (χ0) is 29.3. The molecule has 212 valence electrons. The highest BCUT2D eigenvalue weighted by Gasteiger charge is 2.24. The van der Waals surface area contributed by atoms with Gasteiger partial charge in [-0.15, -0.1) is 0 Å². The summed E-state index contributed by atoms with van der Waals surface area (Å²) in [7, 11) is 0.672. The maximum atomic E-state index is 14.8. The summed E-state index contributed by atoms with van der Waals surface area (Å²) in [5, 5.41) is 4.17. The average Bonchev–Trinajstić information content (AvgIpc) is 3.60. The highest BCUT2D eigenvalue weighted by Crippen LogP contribution is 2.30. The van der Waals surface area contributed by atoms with Crippen LogP contribution in [0.25, 0.3) is 22.4 Å². The number of aryl methyl sites for hydroxylation is 1. The first-order chi connectivity index (χ1) is 19.6. The summed E-state index contributed by atoms with van der Waals surface area (Å²) in [6, 6.07) is 7.05. The molecule has 0 atom stereocenters. The highest BCUT2D eigenvalue weighted by atomic mass is 32.2. The molecule has 5 rings (SSSR count). The third-order valence-electron chi connectivity index (χ3n) is 6.06. The van der Waals surface area contributed by atoms with Gasteiger partial charge in [0.05, 0.1) is 36.8 Å². The van der Waals surface area contributed by atoms with Crippen molar-refractivity contribution < 1.29 is 22.3 Å². The molecule has 0 N–H and O–H groups in total. The van der Waals surface area contributed by atoms with Gasteiger partial charge in [0.1, 0.15) is 23.0 Å². The van der Waals surface area contributed by atoms with Gasteiger partial charge in [-0.05, 0) is 37.3 Å². The Hall–Kier alpha value is -4.76. The van der Waals surface area contributed by atoms with Crippen LogP contribution < -0.4 is 4.90 Å². The van der Waals surface area contributed by atoms with Crippen LogP contribution in [0.3, 0.4) is 0 Å². The Morgan fingerprint density at radius 3 is 2.61 bits per heavy atom. The van der Waals surface area contributed by atoms with Crippen molar-refractivity contribution in [2.24, 2.45) is 7.05 Å².